The van der Waals surface area contributed by atoms with Gasteiger partial charge in [0.25, 0.3) is 10.0 Å². The fourth-order valence-electron chi connectivity index (χ4n) is 3.33. The number of sulfonamides is 1. The highest BCUT2D eigenvalue weighted by atomic mass is 35.5. The van der Waals surface area contributed by atoms with Crippen LogP contribution >= 0.6 is 11.6 Å². The zero-order chi connectivity index (χ0) is 26.8. The van der Waals surface area contributed by atoms with E-state index in [1.807, 2.05) is 0 Å². The fraction of sp³-hybridized carbons (Fsp3) is 0.217. The number of rotatable bonds is 8. The predicted octanol–water partition coefficient (Wildman–Crippen LogP) is 5.24. The Balaban J connectivity index is 2.25. The first-order valence-corrected chi connectivity index (χ1v) is 11.9. The number of nitrogens with zero attached hydrogens (tertiary/aromatic N) is 2. The van der Waals surface area contributed by atoms with Crippen molar-refractivity contribution in [2.75, 3.05) is 25.3 Å². The van der Waals surface area contributed by atoms with Gasteiger partial charge in [0.05, 0.1) is 28.3 Å². The van der Waals surface area contributed by atoms with Crippen molar-refractivity contribution in [3.05, 3.63) is 81.9 Å². The molecular formula is C23H19ClF4N2O5S. The number of anilines is 1. The van der Waals surface area contributed by atoms with Gasteiger partial charge in [-0.1, -0.05) is 17.7 Å². The lowest BCUT2D eigenvalue weighted by atomic mass is 10.0. The molecule has 3 aromatic rings. The average Bonchev–Trinajstić information content (AvgIpc) is 2.81. The lowest BCUT2D eigenvalue weighted by molar-refractivity contribution is -0.137. The summed E-state index contributed by atoms with van der Waals surface area (Å²) in [5.74, 6) is -2.08. The summed E-state index contributed by atoms with van der Waals surface area (Å²) >= 11 is 5.63. The summed E-state index contributed by atoms with van der Waals surface area (Å²) in [7, 11) is -2.40. The molecule has 7 nitrogen and oxygen atoms in total. The van der Waals surface area contributed by atoms with E-state index in [9.17, 15) is 30.8 Å². The Morgan fingerprint density at radius 2 is 1.83 bits per heavy atom. The van der Waals surface area contributed by atoms with Crippen LogP contribution in [0.15, 0.2) is 53.6 Å². The van der Waals surface area contributed by atoms with Gasteiger partial charge in [0.15, 0.2) is 0 Å². The largest absolute Gasteiger partial charge is 0.496 e. The first-order valence-electron chi connectivity index (χ1n) is 10.0. The number of carbonyl (C=O) groups is 1. The van der Waals surface area contributed by atoms with Crippen molar-refractivity contribution in [3.8, 4) is 5.75 Å². The lowest BCUT2D eigenvalue weighted by Gasteiger charge is -2.26. The maximum absolute atomic E-state index is 14.6. The molecular weight excluding hydrogens is 528 g/mol. The smallest absolute Gasteiger partial charge is 0.417 e. The first-order chi connectivity index (χ1) is 16.8. The van der Waals surface area contributed by atoms with Gasteiger partial charge < -0.3 is 9.47 Å². The van der Waals surface area contributed by atoms with Gasteiger partial charge in [0, 0.05) is 13.3 Å². The Hall–Kier alpha value is -3.22. The molecule has 0 radical (unpaired) electrons. The van der Waals surface area contributed by atoms with Crippen LogP contribution in [-0.4, -0.2) is 40.1 Å². The number of halogens is 5. The minimum atomic E-state index is -4.93. The van der Waals surface area contributed by atoms with Gasteiger partial charge in [-0.25, -0.2) is 17.1 Å². The highest BCUT2D eigenvalue weighted by molar-refractivity contribution is 7.92. The van der Waals surface area contributed by atoms with Crippen molar-refractivity contribution in [2.24, 2.45) is 0 Å². The molecule has 0 aliphatic carbocycles. The number of carbonyl (C=O) groups excluding carboxylic acids is 1. The second-order valence-electron chi connectivity index (χ2n) is 7.44. The van der Waals surface area contributed by atoms with E-state index in [1.165, 1.54) is 31.5 Å². The van der Waals surface area contributed by atoms with Crippen LogP contribution in [0.25, 0.3) is 0 Å². The molecule has 192 valence electrons. The number of methoxy groups -OCH3 is 2. The average molecular weight is 547 g/mol. The van der Waals surface area contributed by atoms with Crippen molar-refractivity contribution in [3.63, 3.8) is 0 Å². The van der Waals surface area contributed by atoms with Crippen molar-refractivity contribution < 1.29 is 40.2 Å². The van der Waals surface area contributed by atoms with Gasteiger partial charge in [0.1, 0.15) is 29.6 Å². The Labute approximate surface area is 209 Å². The lowest BCUT2D eigenvalue weighted by Crippen LogP contribution is -2.34. The molecule has 1 aromatic heterocycles. The summed E-state index contributed by atoms with van der Waals surface area (Å²) in [5.41, 5.74) is -2.29. The maximum Gasteiger partial charge on any atom is 0.417 e. The van der Waals surface area contributed by atoms with E-state index < -0.39 is 61.3 Å². The third-order valence-electron chi connectivity index (χ3n) is 4.99. The van der Waals surface area contributed by atoms with Crippen LogP contribution < -0.4 is 9.04 Å². The molecule has 0 atom stereocenters. The van der Waals surface area contributed by atoms with Gasteiger partial charge in [-0.3, -0.25) is 9.78 Å². The van der Waals surface area contributed by atoms with E-state index in [-0.39, 0.29) is 11.4 Å². The van der Waals surface area contributed by atoms with Crippen LogP contribution in [0.5, 0.6) is 5.75 Å². The standard InChI is InChI=1S/C23H19ClF4N2O5S/c1-13-9-18(21(29-11-13)22(31)20-17(25)5-4-6-19(20)35-3)30(12-34-2)36(32,33)14-7-8-16(24)15(10-14)23(26,27)28/h4-11H,12H2,1-3H3. The summed E-state index contributed by atoms with van der Waals surface area (Å²) in [6, 6.07) is 7.00. The van der Waals surface area contributed by atoms with Gasteiger partial charge >= 0.3 is 6.18 Å². The Bertz CT molecular complexity index is 1410. The minimum Gasteiger partial charge on any atom is -0.496 e. The normalized spacial score (nSPS) is 11.9. The molecule has 1 heterocycles. The molecule has 0 amide bonds. The van der Waals surface area contributed by atoms with Gasteiger partial charge in [-0.05, 0) is 48.9 Å². The molecule has 0 saturated carbocycles. The van der Waals surface area contributed by atoms with Gasteiger partial charge in [0.2, 0.25) is 5.78 Å². The van der Waals surface area contributed by atoms with Crippen LogP contribution in [0.1, 0.15) is 27.2 Å². The molecule has 0 saturated heterocycles. The number of pyridine rings is 1. The SMILES string of the molecule is COCN(c1cc(C)cnc1C(=O)c1c(F)cccc1OC)S(=O)(=O)c1ccc(Cl)c(C(F)(F)F)c1. The zero-order valence-electron chi connectivity index (χ0n) is 19.1. The van der Waals surface area contributed by atoms with E-state index >= 15 is 0 Å². The second-order valence-corrected chi connectivity index (χ2v) is 9.71. The molecule has 13 heteroatoms. The fourth-order valence-corrected chi connectivity index (χ4v) is 4.96. The molecule has 2 aromatic carbocycles. The molecule has 0 N–H and O–H groups in total. The van der Waals surface area contributed by atoms with Crippen LogP contribution in [0, 0.1) is 12.7 Å². The number of alkyl halides is 3. The number of ether oxygens (including phenoxy) is 2. The highest BCUT2D eigenvalue weighted by Gasteiger charge is 2.37. The van der Waals surface area contributed by atoms with Gasteiger partial charge in [-0.15, -0.1) is 0 Å². The summed E-state index contributed by atoms with van der Waals surface area (Å²) in [6.45, 7) is 0.849. The monoisotopic (exact) mass is 546 g/mol. The number of hydrogen-bond donors (Lipinski definition) is 0. The number of benzene rings is 2. The minimum absolute atomic E-state index is 0.123. The molecule has 3 rings (SSSR count). The second kappa shape index (κ2) is 10.4. The summed E-state index contributed by atoms with van der Waals surface area (Å²) in [5, 5.41) is -0.695. The zero-order valence-corrected chi connectivity index (χ0v) is 20.6. The molecule has 0 spiro atoms. The summed E-state index contributed by atoms with van der Waals surface area (Å²) in [6.07, 6.45) is -3.67. The third-order valence-corrected chi connectivity index (χ3v) is 7.05. The topological polar surface area (TPSA) is 85.8 Å². The Morgan fingerprint density at radius 1 is 1.14 bits per heavy atom. The van der Waals surface area contributed by atoms with Crippen LogP contribution in [0.4, 0.5) is 23.2 Å². The Morgan fingerprint density at radius 3 is 2.44 bits per heavy atom. The molecule has 0 fully saturated rings. The first kappa shape index (κ1) is 27.4. The van der Waals surface area contributed by atoms with Crippen molar-refractivity contribution in [2.45, 2.75) is 18.0 Å². The highest BCUT2D eigenvalue weighted by Crippen LogP contribution is 2.37. The quantitative estimate of drug-likeness (QED) is 0.218. The maximum atomic E-state index is 14.6. The summed E-state index contributed by atoms with van der Waals surface area (Å²) in [4.78, 5) is 16.6. The molecule has 0 aliphatic heterocycles. The number of aryl methyl sites for hydroxylation is 1. The van der Waals surface area contributed by atoms with Crippen LogP contribution in [0.2, 0.25) is 5.02 Å². The number of aromatic nitrogens is 1. The van der Waals surface area contributed by atoms with E-state index in [1.54, 1.807) is 6.92 Å². The van der Waals surface area contributed by atoms with Gasteiger partial charge in [-0.2, -0.15) is 13.2 Å². The van der Waals surface area contributed by atoms with E-state index in [4.69, 9.17) is 21.1 Å². The Kier molecular flexibility index (Phi) is 7.91. The van der Waals surface area contributed by atoms with E-state index in [0.717, 1.165) is 25.3 Å². The molecule has 0 bridgehead atoms. The van der Waals surface area contributed by atoms with Crippen molar-refractivity contribution >= 4 is 33.1 Å². The van der Waals surface area contributed by atoms with Crippen molar-refractivity contribution in [1.29, 1.82) is 0 Å². The molecule has 0 unspecified atom stereocenters. The van der Waals surface area contributed by atoms with Crippen LogP contribution in [-0.2, 0) is 20.9 Å². The third kappa shape index (κ3) is 5.30. The molecule has 0 aliphatic rings. The van der Waals surface area contributed by atoms with Crippen LogP contribution in [0.3, 0.4) is 0 Å². The predicted molar refractivity (Wildman–Crippen MR) is 123 cm³/mol. The van der Waals surface area contributed by atoms with Crippen molar-refractivity contribution in [1.82, 2.24) is 4.98 Å². The summed E-state index contributed by atoms with van der Waals surface area (Å²) < 4.78 is 92.5. The number of ketones is 1. The van der Waals surface area contributed by atoms with E-state index in [0.29, 0.717) is 15.9 Å². The number of hydrogen-bond acceptors (Lipinski definition) is 6. The van der Waals surface area contributed by atoms with E-state index in [2.05, 4.69) is 4.98 Å². The molecule has 36 heavy (non-hydrogen) atoms.